The van der Waals surface area contributed by atoms with E-state index < -0.39 is 0 Å². The van der Waals surface area contributed by atoms with Crippen molar-refractivity contribution in [2.45, 2.75) is 6.92 Å². The molecular weight excluding hydrogens is 336 g/mol. The van der Waals surface area contributed by atoms with E-state index in [2.05, 4.69) is 15.3 Å². The topological polar surface area (TPSA) is 64.4 Å². The first-order valence-electron chi connectivity index (χ1n) is 7.81. The predicted molar refractivity (Wildman–Crippen MR) is 100 cm³/mol. The molecule has 0 spiro atoms. The van der Waals surface area contributed by atoms with Crippen LogP contribution in [0.4, 0.5) is 0 Å². The molecule has 0 fully saturated rings. The lowest BCUT2D eigenvalue weighted by Gasteiger charge is -2.11. The molecule has 3 aromatic rings. The summed E-state index contributed by atoms with van der Waals surface area (Å²) in [5.74, 6) is 1.94. The molecule has 128 valence electrons. The van der Waals surface area contributed by atoms with Gasteiger partial charge >= 0.3 is 0 Å². The number of para-hydroxylation sites is 1. The highest BCUT2D eigenvalue weighted by Crippen LogP contribution is 2.30. The minimum absolute atomic E-state index is 0.413. The van der Waals surface area contributed by atoms with Gasteiger partial charge in [-0.2, -0.15) is 14.9 Å². The Labute approximate surface area is 150 Å². The highest BCUT2D eigenvalue weighted by Gasteiger charge is 2.10. The van der Waals surface area contributed by atoms with E-state index in [1.165, 1.54) is 0 Å². The molecule has 7 heteroatoms. The number of aromatic nitrogens is 3. The molecule has 0 aliphatic rings. The number of H-pyrrole nitrogens is 1. The van der Waals surface area contributed by atoms with Crippen LogP contribution in [0.3, 0.4) is 0 Å². The van der Waals surface area contributed by atoms with E-state index in [9.17, 15) is 0 Å². The molecule has 0 unspecified atom stereocenters. The van der Waals surface area contributed by atoms with Crippen molar-refractivity contribution in [1.82, 2.24) is 14.9 Å². The molecule has 6 nitrogen and oxygen atoms in total. The summed E-state index contributed by atoms with van der Waals surface area (Å²) in [6.45, 7) is 2.45. The number of nitrogens with one attached hydrogen (secondary N) is 1. The van der Waals surface area contributed by atoms with E-state index >= 15 is 0 Å². The third-order valence-corrected chi connectivity index (χ3v) is 3.78. The zero-order valence-corrected chi connectivity index (χ0v) is 14.8. The Balaban J connectivity index is 2.02. The maximum Gasteiger partial charge on any atom is 0.216 e. The fraction of sp³-hybridized carbons (Fsp3) is 0.167. The van der Waals surface area contributed by atoms with Gasteiger partial charge in [0, 0.05) is 11.1 Å². The van der Waals surface area contributed by atoms with Gasteiger partial charge in [0.15, 0.2) is 17.3 Å². The Morgan fingerprint density at radius 2 is 2.00 bits per heavy atom. The number of ether oxygens (including phenoxy) is 2. The maximum absolute atomic E-state index is 5.70. The number of hydrogen-bond donors (Lipinski definition) is 1. The van der Waals surface area contributed by atoms with Crippen molar-refractivity contribution in [3.8, 4) is 22.9 Å². The number of rotatable bonds is 6. The Morgan fingerprint density at radius 1 is 1.20 bits per heavy atom. The number of benzene rings is 2. The molecule has 0 saturated heterocycles. The summed E-state index contributed by atoms with van der Waals surface area (Å²) in [7, 11) is 1.61. The van der Waals surface area contributed by atoms with Gasteiger partial charge in [-0.3, -0.25) is 0 Å². The Morgan fingerprint density at radius 3 is 2.72 bits per heavy atom. The zero-order chi connectivity index (χ0) is 17.6. The molecule has 0 saturated carbocycles. The summed E-state index contributed by atoms with van der Waals surface area (Å²) < 4.78 is 13.1. The van der Waals surface area contributed by atoms with Crippen molar-refractivity contribution in [3.05, 3.63) is 58.9 Å². The van der Waals surface area contributed by atoms with E-state index in [1.54, 1.807) is 18.0 Å². The van der Waals surface area contributed by atoms with Crippen molar-refractivity contribution in [3.63, 3.8) is 0 Å². The molecule has 1 N–H and O–H groups in total. The molecule has 2 aromatic carbocycles. The van der Waals surface area contributed by atoms with Gasteiger partial charge in [0.25, 0.3) is 0 Å². The third kappa shape index (κ3) is 3.61. The fourth-order valence-electron chi connectivity index (χ4n) is 2.39. The molecule has 0 atom stereocenters. The van der Waals surface area contributed by atoms with Gasteiger partial charge in [0.1, 0.15) is 0 Å². The highest BCUT2D eigenvalue weighted by atomic mass is 32.1. The second-order valence-corrected chi connectivity index (χ2v) is 5.47. The number of methoxy groups -OCH3 is 1. The summed E-state index contributed by atoms with van der Waals surface area (Å²) in [4.78, 5) is 0. The monoisotopic (exact) mass is 354 g/mol. The summed E-state index contributed by atoms with van der Waals surface area (Å²) in [6.07, 6.45) is 1.69. The summed E-state index contributed by atoms with van der Waals surface area (Å²) in [5.41, 5.74) is 1.71. The minimum atomic E-state index is 0.413. The van der Waals surface area contributed by atoms with Gasteiger partial charge in [-0.15, -0.1) is 0 Å². The first kappa shape index (κ1) is 16.9. The lowest BCUT2D eigenvalue weighted by Crippen LogP contribution is -2.00. The first-order valence-corrected chi connectivity index (χ1v) is 8.22. The van der Waals surface area contributed by atoms with Crippen LogP contribution in [0.25, 0.3) is 11.4 Å². The smallest absolute Gasteiger partial charge is 0.216 e. The first-order chi connectivity index (χ1) is 12.2. The highest BCUT2D eigenvalue weighted by molar-refractivity contribution is 7.71. The summed E-state index contributed by atoms with van der Waals surface area (Å²) in [5, 5.41) is 11.5. The number of hydrogen-bond acceptors (Lipinski definition) is 5. The van der Waals surface area contributed by atoms with Crippen molar-refractivity contribution < 1.29 is 9.47 Å². The Bertz CT molecular complexity index is 932. The van der Waals surface area contributed by atoms with Crippen molar-refractivity contribution in [2.75, 3.05) is 13.7 Å². The van der Waals surface area contributed by atoms with E-state index in [1.807, 2.05) is 55.5 Å². The van der Waals surface area contributed by atoms with Crippen LogP contribution < -0.4 is 9.47 Å². The quantitative estimate of drug-likeness (QED) is 0.539. The van der Waals surface area contributed by atoms with Crippen LogP contribution in [0.1, 0.15) is 12.5 Å². The largest absolute Gasteiger partial charge is 0.493 e. The van der Waals surface area contributed by atoms with Crippen LogP contribution in [0, 0.1) is 4.77 Å². The zero-order valence-electron chi connectivity index (χ0n) is 14.0. The Kier molecular flexibility index (Phi) is 5.25. The molecule has 0 aliphatic heterocycles. The number of nitrogens with zero attached hydrogens (tertiary/aromatic N) is 3. The lowest BCUT2D eigenvalue weighted by molar-refractivity contribution is 0.310. The predicted octanol–water partition coefficient (Wildman–Crippen LogP) is 3.90. The molecule has 0 radical (unpaired) electrons. The average Bonchev–Trinajstić information content (AvgIpc) is 3.02. The van der Waals surface area contributed by atoms with Crippen LogP contribution in [0.5, 0.6) is 11.5 Å². The standard InChI is InChI=1S/C18H18N4O2S/c1-3-24-16-14(10-7-11-15(16)23-2)12-19-22-17(20-21-18(22)25)13-8-5-4-6-9-13/h4-12H,3H2,1-2H3,(H,21,25)/b19-12-. The maximum atomic E-state index is 5.70. The van der Waals surface area contributed by atoms with E-state index in [0.29, 0.717) is 28.7 Å². The fourth-order valence-corrected chi connectivity index (χ4v) is 2.57. The molecule has 0 aliphatic carbocycles. The van der Waals surface area contributed by atoms with Crippen molar-refractivity contribution >= 4 is 18.4 Å². The van der Waals surface area contributed by atoms with Crippen LogP contribution in [0.2, 0.25) is 0 Å². The minimum Gasteiger partial charge on any atom is -0.493 e. The molecule has 25 heavy (non-hydrogen) atoms. The van der Waals surface area contributed by atoms with Crippen LogP contribution >= 0.6 is 12.2 Å². The van der Waals surface area contributed by atoms with Crippen molar-refractivity contribution in [1.29, 1.82) is 0 Å². The van der Waals surface area contributed by atoms with Crippen LogP contribution in [-0.2, 0) is 0 Å². The van der Waals surface area contributed by atoms with Crippen LogP contribution in [0.15, 0.2) is 53.6 Å². The van der Waals surface area contributed by atoms with Crippen molar-refractivity contribution in [2.24, 2.45) is 5.10 Å². The SMILES string of the molecule is CCOc1c(/C=N\n2c(-c3ccccc3)n[nH]c2=S)cccc1OC. The van der Waals surface area contributed by atoms with E-state index in [-0.39, 0.29) is 0 Å². The van der Waals surface area contributed by atoms with Gasteiger partial charge in [0.2, 0.25) is 4.77 Å². The molecule has 1 aromatic heterocycles. The second-order valence-electron chi connectivity index (χ2n) is 5.09. The molecule has 1 heterocycles. The number of aromatic amines is 1. The van der Waals surface area contributed by atoms with E-state index in [4.69, 9.17) is 21.7 Å². The summed E-state index contributed by atoms with van der Waals surface area (Å²) >= 11 is 5.30. The van der Waals surface area contributed by atoms with E-state index in [0.717, 1.165) is 11.1 Å². The molecule has 3 rings (SSSR count). The molecule has 0 amide bonds. The second kappa shape index (κ2) is 7.76. The average molecular weight is 354 g/mol. The van der Waals surface area contributed by atoms with Gasteiger partial charge in [-0.25, -0.2) is 5.10 Å². The van der Waals surface area contributed by atoms with Gasteiger partial charge in [0.05, 0.1) is 19.9 Å². The normalized spacial score (nSPS) is 11.0. The van der Waals surface area contributed by atoms with Gasteiger partial charge in [-0.1, -0.05) is 36.4 Å². The van der Waals surface area contributed by atoms with Gasteiger partial charge < -0.3 is 9.47 Å². The van der Waals surface area contributed by atoms with Crippen LogP contribution in [-0.4, -0.2) is 34.8 Å². The third-order valence-electron chi connectivity index (χ3n) is 3.51. The molecular formula is C18H18N4O2S. The summed E-state index contributed by atoms with van der Waals surface area (Å²) in [6, 6.07) is 15.4. The molecule has 0 bridgehead atoms. The lowest BCUT2D eigenvalue weighted by atomic mass is 10.2. The Hall–Kier alpha value is -2.93. The van der Waals surface area contributed by atoms with Gasteiger partial charge in [-0.05, 0) is 31.3 Å².